The van der Waals surface area contributed by atoms with Crippen molar-refractivity contribution < 1.29 is 4.79 Å². The second-order valence-corrected chi connectivity index (χ2v) is 5.16. The summed E-state index contributed by atoms with van der Waals surface area (Å²) >= 11 is 5.78. The molecule has 2 unspecified atom stereocenters. The van der Waals surface area contributed by atoms with Crippen LogP contribution < -0.4 is 5.32 Å². The van der Waals surface area contributed by atoms with Crippen molar-refractivity contribution in [3.8, 4) is 0 Å². The van der Waals surface area contributed by atoms with Gasteiger partial charge in [0.25, 0.3) is 0 Å². The molecule has 1 aromatic rings. The summed E-state index contributed by atoms with van der Waals surface area (Å²) in [6, 6.07) is 3.50. The Labute approximate surface area is 107 Å². The van der Waals surface area contributed by atoms with Gasteiger partial charge in [-0.05, 0) is 37.8 Å². The van der Waals surface area contributed by atoms with Crippen LogP contribution in [0.15, 0.2) is 12.1 Å². The third kappa shape index (κ3) is 2.78. The van der Waals surface area contributed by atoms with Crippen molar-refractivity contribution in [3.63, 3.8) is 0 Å². The maximum absolute atomic E-state index is 12.1. The van der Waals surface area contributed by atoms with Gasteiger partial charge >= 0.3 is 0 Å². The molecule has 2 atom stereocenters. The van der Waals surface area contributed by atoms with E-state index in [2.05, 4.69) is 17.2 Å². The van der Waals surface area contributed by atoms with Crippen molar-refractivity contribution in [1.29, 1.82) is 0 Å². The molecule has 4 heteroatoms. The third-order valence-electron chi connectivity index (χ3n) is 3.51. The number of carbonyl (C=O) groups is 1. The maximum Gasteiger partial charge on any atom is 0.227 e. The number of amides is 1. The average molecular weight is 253 g/mol. The van der Waals surface area contributed by atoms with Crippen molar-refractivity contribution in [3.05, 3.63) is 23.0 Å². The molecule has 17 heavy (non-hydrogen) atoms. The summed E-state index contributed by atoms with van der Waals surface area (Å²) in [6.07, 6.45) is 3.29. The first-order valence-electron chi connectivity index (χ1n) is 6.02. The molecule has 1 aliphatic rings. The van der Waals surface area contributed by atoms with Crippen molar-refractivity contribution >= 4 is 23.2 Å². The molecule has 0 aromatic carbocycles. The third-order valence-corrected chi connectivity index (χ3v) is 3.72. The Morgan fingerprint density at radius 3 is 2.82 bits per heavy atom. The van der Waals surface area contributed by atoms with Crippen LogP contribution in [0.4, 0.5) is 5.69 Å². The van der Waals surface area contributed by atoms with Crippen LogP contribution in [0, 0.1) is 18.8 Å². The van der Waals surface area contributed by atoms with Crippen molar-refractivity contribution in [2.45, 2.75) is 33.1 Å². The summed E-state index contributed by atoms with van der Waals surface area (Å²) in [5.74, 6) is 0.739. The molecule has 0 aliphatic heterocycles. The number of anilines is 1. The molecule has 1 aliphatic carbocycles. The van der Waals surface area contributed by atoms with Crippen LogP contribution in [0.3, 0.4) is 0 Å². The standard InChI is InChI=1S/C13H17ClN2O/c1-8-4-3-5-10(8)13(17)16-11-6-7-12(14)15-9(11)2/h6-8,10H,3-5H2,1-2H3,(H,16,17). The fourth-order valence-corrected chi connectivity index (χ4v) is 2.61. The Kier molecular flexibility index (Phi) is 3.67. The molecule has 92 valence electrons. The van der Waals surface area contributed by atoms with Crippen LogP contribution in [-0.2, 0) is 4.79 Å². The molecule has 0 radical (unpaired) electrons. The minimum atomic E-state index is 0.113. The number of hydrogen-bond acceptors (Lipinski definition) is 2. The quantitative estimate of drug-likeness (QED) is 0.820. The van der Waals surface area contributed by atoms with E-state index >= 15 is 0 Å². The maximum atomic E-state index is 12.1. The number of nitrogens with one attached hydrogen (secondary N) is 1. The summed E-state index contributed by atoms with van der Waals surface area (Å²) < 4.78 is 0. The molecule has 1 amide bonds. The van der Waals surface area contributed by atoms with Gasteiger partial charge in [-0.2, -0.15) is 0 Å². The highest BCUT2D eigenvalue weighted by molar-refractivity contribution is 6.29. The SMILES string of the molecule is Cc1nc(Cl)ccc1NC(=O)C1CCCC1C. The van der Waals surface area contributed by atoms with Crippen LogP contribution in [-0.4, -0.2) is 10.9 Å². The van der Waals surface area contributed by atoms with Crippen LogP contribution in [0.1, 0.15) is 31.9 Å². The summed E-state index contributed by atoms with van der Waals surface area (Å²) in [5, 5.41) is 3.40. The lowest BCUT2D eigenvalue weighted by molar-refractivity contribution is -0.120. The van der Waals surface area contributed by atoms with Gasteiger partial charge in [0.15, 0.2) is 0 Å². The van der Waals surface area contributed by atoms with Crippen molar-refractivity contribution in [2.75, 3.05) is 5.32 Å². The summed E-state index contributed by atoms with van der Waals surface area (Å²) in [6.45, 7) is 3.99. The lowest BCUT2D eigenvalue weighted by Gasteiger charge is -2.16. The van der Waals surface area contributed by atoms with E-state index in [0.717, 1.165) is 30.6 Å². The van der Waals surface area contributed by atoms with Gasteiger partial charge in [0.05, 0.1) is 11.4 Å². The number of rotatable bonds is 2. The Hall–Kier alpha value is -1.09. The number of carbonyl (C=O) groups excluding carboxylic acids is 1. The fourth-order valence-electron chi connectivity index (χ4n) is 2.42. The number of aryl methyl sites for hydroxylation is 1. The van der Waals surface area contributed by atoms with Gasteiger partial charge in [0, 0.05) is 5.92 Å². The number of aromatic nitrogens is 1. The number of halogens is 1. The monoisotopic (exact) mass is 252 g/mol. The lowest BCUT2D eigenvalue weighted by Crippen LogP contribution is -2.25. The van der Waals surface area contributed by atoms with Gasteiger partial charge in [-0.3, -0.25) is 4.79 Å². The minimum absolute atomic E-state index is 0.113. The summed E-state index contributed by atoms with van der Waals surface area (Å²) in [5.41, 5.74) is 1.52. The zero-order valence-electron chi connectivity index (χ0n) is 10.2. The Balaban J connectivity index is 2.07. The Morgan fingerprint density at radius 2 is 2.24 bits per heavy atom. The van der Waals surface area contributed by atoms with Crippen LogP contribution in [0.5, 0.6) is 0 Å². The smallest absolute Gasteiger partial charge is 0.227 e. The molecular formula is C13H17ClN2O. The van der Waals surface area contributed by atoms with Gasteiger partial charge in [0.1, 0.15) is 5.15 Å². The van der Waals surface area contributed by atoms with E-state index < -0.39 is 0 Å². The average Bonchev–Trinajstić information content (AvgIpc) is 2.68. The van der Waals surface area contributed by atoms with Crippen molar-refractivity contribution in [2.24, 2.45) is 11.8 Å². The van der Waals surface area contributed by atoms with Crippen molar-refractivity contribution in [1.82, 2.24) is 4.98 Å². The first-order valence-corrected chi connectivity index (χ1v) is 6.39. The zero-order valence-corrected chi connectivity index (χ0v) is 10.9. The molecule has 1 heterocycles. The number of pyridine rings is 1. The second kappa shape index (κ2) is 5.05. The van der Waals surface area contributed by atoms with Gasteiger partial charge < -0.3 is 5.32 Å². The molecule has 1 saturated carbocycles. The molecule has 1 N–H and O–H groups in total. The van der Waals surface area contributed by atoms with Gasteiger partial charge in [-0.15, -0.1) is 0 Å². The molecule has 1 aromatic heterocycles. The summed E-state index contributed by atoms with van der Waals surface area (Å²) in [7, 11) is 0. The first-order chi connectivity index (χ1) is 8.08. The fraction of sp³-hybridized carbons (Fsp3) is 0.538. The lowest BCUT2D eigenvalue weighted by atomic mass is 9.97. The first kappa shape index (κ1) is 12.4. The van der Waals surface area contributed by atoms with E-state index in [1.807, 2.05) is 13.0 Å². The Bertz CT molecular complexity index is 433. The largest absolute Gasteiger partial charge is 0.324 e. The van der Waals surface area contributed by atoms with Gasteiger partial charge in [-0.25, -0.2) is 4.98 Å². The predicted molar refractivity (Wildman–Crippen MR) is 69.1 cm³/mol. The van der Waals surface area contributed by atoms with Crippen LogP contribution >= 0.6 is 11.6 Å². The van der Waals surface area contributed by atoms with E-state index in [1.165, 1.54) is 0 Å². The molecule has 1 fully saturated rings. The van der Waals surface area contributed by atoms with Crippen LogP contribution in [0.25, 0.3) is 0 Å². The highest BCUT2D eigenvalue weighted by Gasteiger charge is 2.29. The molecule has 2 rings (SSSR count). The van der Waals surface area contributed by atoms with E-state index in [4.69, 9.17) is 11.6 Å². The van der Waals surface area contributed by atoms with Gasteiger partial charge in [-0.1, -0.05) is 24.9 Å². The van der Waals surface area contributed by atoms with Crippen LogP contribution in [0.2, 0.25) is 5.15 Å². The molecule has 0 spiro atoms. The summed E-state index contributed by atoms with van der Waals surface area (Å²) in [4.78, 5) is 16.2. The number of nitrogens with zero attached hydrogens (tertiary/aromatic N) is 1. The highest BCUT2D eigenvalue weighted by atomic mass is 35.5. The number of hydrogen-bond donors (Lipinski definition) is 1. The Morgan fingerprint density at radius 1 is 1.47 bits per heavy atom. The minimum Gasteiger partial charge on any atom is -0.324 e. The molecule has 0 bridgehead atoms. The topological polar surface area (TPSA) is 42.0 Å². The van der Waals surface area contributed by atoms with E-state index in [0.29, 0.717) is 11.1 Å². The predicted octanol–water partition coefficient (Wildman–Crippen LogP) is 3.42. The second-order valence-electron chi connectivity index (χ2n) is 4.77. The molecule has 0 saturated heterocycles. The van der Waals surface area contributed by atoms with Gasteiger partial charge in [0.2, 0.25) is 5.91 Å². The normalized spacial score (nSPS) is 23.7. The molecular weight excluding hydrogens is 236 g/mol. The van der Waals surface area contributed by atoms with E-state index in [-0.39, 0.29) is 11.8 Å². The van der Waals surface area contributed by atoms with E-state index in [9.17, 15) is 4.79 Å². The highest BCUT2D eigenvalue weighted by Crippen LogP contribution is 2.32. The van der Waals surface area contributed by atoms with E-state index in [1.54, 1.807) is 6.07 Å². The molecule has 3 nitrogen and oxygen atoms in total. The zero-order chi connectivity index (χ0) is 12.4.